The largest absolute Gasteiger partial charge is 0.548 e. The molecule has 0 saturated heterocycles. The summed E-state index contributed by atoms with van der Waals surface area (Å²) in [6.07, 6.45) is -0.00167. The lowest BCUT2D eigenvalue weighted by Crippen LogP contribution is -2.53. The van der Waals surface area contributed by atoms with Gasteiger partial charge in [0.1, 0.15) is 5.60 Å². The summed E-state index contributed by atoms with van der Waals surface area (Å²) in [7, 11) is 1.42. The fourth-order valence-corrected chi connectivity index (χ4v) is 1.44. The van der Waals surface area contributed by atoms with E-state index in [1.54, 1.807) is 27.7 Å². The summed E-state index contributed by atoms with van der Waals surface area (Å²) in [5.74, 6) is -1.44. The molecule has 0 aliphatic rings. The summed E-state index contributed by atoms with van der Waals surface area (Å²) in [6.45, 7) is 8.83. The van der Waals surface area contributed by atoms with Crippen molar-refractivity contribution in [2.75, 3.05) is 7.05 Å². The van der Waals surface area contributed by atoms with Crippen LogP contribution < -0.4 is 5.11 Å². The lowest BCUT2D eigenvalue weighted by molar-refractivity contribution is -0.312. The molecule has 0 rings (SSSR count). The van der Waals surface area contributed by atoms with E-state index in [9.17, 15) is 14.7 Å². The third-order valence-electron chi connectivity index (χ3n) is 2.52. The van der Waals surface area contributed by atoms with Gasteiger partial charge in [-0.2, -0.15) is 0 Å². The van der Waals surface area contributed by atoms with Crippen molar-refractivity contribution in [3.8, 4) is 0 Å². The molecule has 0 saturated carbocycles. The maximum atomic E-state index is 11.7. The van der Waals surface area contributed by atoms with Crippen LogP contribution >= 0.6 is 0 Å². The average molecular weight is 244 g/mol. The van der Waals surface area contributed by atoms with Crippen molar-refractivity contribution >= 4 is 12.1 Å². The summed E-state index contributed by atoms with van der Waals surface area (Å²) >= 11 is 0. The summed E-state index contributed by atoms with van der Waals surface area (Å²) < 4.78 is 5.12. The molecular formula is C12H22NO4-. The van der Waals surface area contributed by atoms with E-state index in [0.717, 1.165) is 4.90 Å². The lowest BCUT2D eigenvalue weighted by atomic mass is 9.98. The second-order valence-corrected chi connectivity index (χ2v) is 5.24. The van der Waals surface area contributed by atoms with Crippen molar-refractivity contribution in [2.45, 2.75) is 52.7 Å². The molecule has 5 nitrogen and oxygen atoms in total. The first-order chi connectivity index (χ1) is 7.60. The normalized spacial score (nSPS) is 14.9. The Bertz CT molecular complexity index is 283. The molecule has 0 aromatic heterocycles. The highest BCUT2D eigenvalue weighted by Crippen LogP contribution is 2.16. The minimum atomic E-state index is -1.26. The molecule has 0 aliphatic heterocycles. The van der Waals surface area contributed by atoms with E-state index >= 15 is 0 Å². The number of carbonyl (C=O) groups excluding carboxylic acids is 2. The predicted molar refractivity (Wildman–Crippen MR) is 62.2 cm³/mol. The maximum absolute atomic E-state index is 11.7. The average Bonchev–Trinajstić information content (AvgIpc) is 2.14. The Labute approximate surface area is 103 Å². The number of carboxylic acid groups (broad SMARTS) is 1. The van der Waals surface area contributed by atoms with Gasteiger partial charge in [0.2, 0.25) is 0 Å². The topological polar surface area (TPSA) is 69.7 Å². The van der Waals surface area contributed by atoms with Gasteiger partial charge in [-0.3, -0.25) is 0 Å². The van der Waals surface area contributed by atoms with E-state index in [1.165, 1.54) is 7.05 Å². The number of hydrogen-bond donors (Lipinski definition) is 0. The van der Waals surface area contributed by atoms with Crippen LogP contribution in [-0.4, -0.2) is 35.7 Å². The molecular weight excluding hydrogens is 222 g/mol. The maximum Gasteiger partial charge on any atom is 0.410 e. The number of ether oxygens (including phenoxy) is 1. The molecule has 0 radical (unpaired) electrons. The Hall–Kier alpha value is -1.26. The van der Waals surface area contributed by atoms with Crippen molar-refractivity contribution < 1.29 is 19.4 Å². The van der Waals surface area contributed by atoms with Crippen molar-refractivity contribution in [2.24, 2.45) is 5.92 Å². The molecule has 0 aliphatic carbocycles. The molecule has 0 unspecified atom stereocenters. The van der Waals surface area contributed by atoms with Crippen molar-refractivity contribution in [3.05, 3.63) is 0 Å². The van der Waals surface area contributed by atoms with Gasteiger partial charge in [-0.25, -0.2) is 4.79 Å². The molecule has 0 aromatic carbocycles. The molecule has 2 atom stereocenters. The van der Waals surface area contributed by atoms with Crippen molar-refractivity contribution in [1.82, 2.24) is 4.90 Å². The van der Waals surface area contributed by atoms with Crippen LogP contribution in [0, 0.1) is 5.92 Å². The van der Waals surface area contributed by atoms with Crippen LogP contribution in [0.15, 0.2) is 0 Å². The molecule has 17 heavy (non-hydrogen) atoms. The van der Waals surface area contributed by atoms with Crippen LogP contribution in [0.25, 0.3) is 0 Å². The summed E-state index contributed by atoms with van der Waals surface area (Å²) in [6, 6.07) is -0.963. The number of likely N-dealkylation sites (N-methyl/N-ethyl adjacent to an activating group) is 1. The van der Waals surface area contributed by atoms with E-state index in [-0.39, 0.29) is 5.92 Å². The molecule has 0 aromatic rings. The fraction of sp³-hybridized carbons (Fsp3) is 0.833. The monoisotopic (exact) mass is 244 g/mol. The van der Waals surface area contributed by atoms with Gasteiger partial charge in [0.15, 0.2) is 0 Å². The number of nitrogens with zero attached hydrogens (tertiary/aromatic N) is 1. The summed E-state index contributed by atoms with van der Waals surface area (Å²) in [5.41, 5.74) is -0.642. The van der Waals surface area contributed by atoms with Crippen LogP contribution in [0.2, 0.25) is 0 Å². The highest BCUT2D eigenvalue weighted by molar-refractivity contribution is 5.78. The van der Waals surface area contributed by atoms with Gasteiger partial charge in [-0.05, 0) is 26.7 Å². The smallest absolute Gasteiger partial charge is 0.410 e. The van der Waals surface area contributed by atoms with Gasteiger partial charge in [0.25, 0.3) is 0 Å². The van der Waals surface area contributed by atoms with Gasteiger partial charge in [-0.15, -0.1) is 0 Å². The van der Waals surface area contributed by atoms with Crippen LogP contribution in [0.1, 0.15) is 41.0 Å². The molecule has 100 valence electrons. The van der Waals surface area contributed by atoms with Crippen molar-refractivity contribution in [1.29, 1.82) is 0 Å². The van der Waals surface area contributed by atoms with Crippen molar-refractivity contribution in [3.63, 3.8) is 0 Å². The Kier molecular flexibility index (Phi) is 5.45. The Morgan fingerprint density at radius 3 is 2.12 bits per heavy atom. The number of carbonyl (C=O) groups is 2. The van der Waals surface area contributed by atoms with Crippen LogP contribution in [-0.2, 0) is 9.53 Å². The van der Waals surface area contributed by atoms with Crippen LogP contribution in [0.5, 0.6) is 0 Å². The molecule has 0 bridgehead atoms. The SMILES string of the molecule is CC[C@@H](C)[C@H](C(=O)[O-])N(C)C(=O)OC(C)(C)C. The van der Waals surface area contributed by atoms with E-state index in [0.29, 0.717) is 6.42 Å². The lowest BCUT2D eigenvalue weighted by Gasteiger charge is -2.34. The molecule has 0 heterocycles. The quantitative estimate of drug-likeness (QED) is 0.740. The first kappa shape index (κ1) is 15.7. The number of amides is 1. The number of hydrogen-bond acceptors (Lipinski definition) is 4. The third kappa shape index (κ3) is 5.06. The molecule has 5 heteroatoms. The first-order valence-electron chi connectivity index (χ1n) is 5.76. The first-order valence-corrected chi connectivity index (χ1v) is 5.76. The highest BCUT2D eigenvalue weighted by Gasteiger charge is 2.29. The number of rotatable bonds is 4. The second kappa shape index (κ2) is 5.89. The van der Waals surface area contributed by atoms with Gasteiger partial charge in [-0.1, -0.05) is 20.3 Å². The third-order valence-corrected chi connectivity index (χ3v) is 2.52. The van der Waals surface area contributed by atoms with Crippen LogP contribution in [0.3, 0.4) is 0 Å². The molecule has 0 fully saturated rings. The van der Waals surface area contributed by atoms with Gasteiger partial charge in [0, 0.05) is 7.05 Å². The van der Waals surface area contributed by atoms with E-state index in [1.807, 2.05) is 6.92 Å². The molecule has 1 amide bonds. The Balaban J connectivity index is 4.79. The number of aliphatic carboxylic acids is 1. The van der Waals surface area contributed by atoms with E-state index in [2.05, 4.69) is 0 Å². The Morgan fingerprint density at radius 1 is 1.35 bits per heavy atom. The number of carboxylic acids is 1. The zero-order chi connectivity index (χ0) is 13.8. The second-order valence-electron chi connectivity index (χ2n) is 5.24. The summed E-state index contributed by atoms with van der Waals surface area (Å²) in [5, 5.41) is 11.1. The molecule has 0 spiro atoms. The minimum Gasteiger partial charge on any atom is -0.548 e. The predicted octanol–water partition coefficient (Wildman–Crippen LogP) is 1.02. The standard InChI is InChI=1S/C12H23NO4/c1-7-8(2)9(10(14)15)13(6)11(16)17-12(3,4)5/h8-9H,7H2,1-6H3,(H,14,15)/p-1/t8-,9-/m1/s1. The van der Waals surface area contributed by atoms with Gasteiger partial charge in [0.05, 0.1) is 12.0 Å². The fourth-order valence-electron chi connectivity index (χ4n) is 1.44. The zero-order valence-electron chi connectivity index (χ0n) is 11.4. The Morgan fingerprint density at radius 2 is 1.82 bits per heavy atom. The van der Waals surface area contributed by atoms with Gasteiger partial charge >= 0.3 is 6.09 Å². The van der Waals surface area contributed by atoms with E-state index in [4.69, 9.17) is 4.74 Å². The zero-order valence-corrected chi connectivity index (χ0v) is 11.4. The summed E-state index contributed by atoms with van der Waals surface area (Å²) in [4.78, 5) is 23.9. The van der Waals surface area contributed by atoms with Crippen LogP contribution in [0.4, 0.5) is 4.79 Å². The van der Waals surface area contributed by atoms with Gasteiger partial charge < -0.3 is 19.5 Å². The van der Waals surface area contributed by atoms with E-state index < -0.39 is 23.7 Å². The minimum absolute atomic E-state index is 0.183. The highest BCUT2D eigenvalue weighted by atomic mass is 16.6. The molecule has 0 N–H and O–H groups in total.